The minimum atomic E-state index is -3.89. The molecule has 1 saturated heterocycles. The summed E-state index contributed by atoms with van der Waals surface area (Å²) in [6.07, 6.45) is 1.40. The van der Waals surface area contributed by atoms with Crippen LogP contribution in [-0.2, 0) is 19.4 Å². The Kier molecular flexibility index (Phi) is 4.90. The van der Waals surface area contributed by atoms with Crippen LogP contribution in [0.15, 0.2) is 39.8 Å². The number of esters is 1. The number of nitrogens with zero attached hydrogens (tertiary/aromatic N) is 1. The summed E-state index contributed by atoms with van der Waals surface area (Å²) in [7, 11) is -2.09. The topological polar surface area (TPSA) is 63.7 Å². The third-order valence-corrected chi connectivity index (χ3v) is 5.52. The predicted molar refractivity (Wildman–Crippen MR) is 83.9 cm³/mol. The largest absolute Gasteiger partial charge is 0.462 e. The molecule has 0 atom stereocenters. The average Bonchev–Trinajstić information content (AvgIpc) is 2.85. The van der Waals surface area contributed by atoms with Crippen molar-refractivity contribution in [3.05, 3.63) is 40.4 Å². The van der Waals surface area contributed by atoms with Crippen molar-refractivity contribution >= 4 is 15.8 Å². The molecule has 1 aromatic rings. The summed E-state index contributed by atoms with van der Waals surface area (Å²) in [4.78, 5) is 14.0. The molecule has 0 saturated carbocycles. The fourth-order valence-electron chi connectivity index (χ4n) is 2.51. The van der Waals surface area contributed by atoms with Gasteiger partial charge in [0, 0.05) is 19.3 Å². The van der Waals surface area contributed by atoms with Gasteiger partial charge in [-0.2, -0.15) is 0 Å². The van der Waals surface area contributed by atoms with E-state index in [1.54, 1.807) is 26.1 Å². The number of carbonyl (C=O) groups excluding carboxylic acids is 1. The number of carbonyl (C=O) groups is 1. The molecule has 1 fully saturated rings. The van der Waals surface area contributed by atoms with E-state index >= 15 is 0 Å². The van der Waals surface area contributed by atoms with Crippen molar-refractivity contribution in [2.45, 2.75) is 31.6 Å². The Bertz CT molecular complexity index is 689. The fraction of sp³-hybridized carbons (Fsp3) is 0.438. The number of hydrogen-bond donors (Lipinski definition) is 0. The molecule has 2 rings (SSSR count). The van der Waals surface area contributed by atoms with Crippen molar-refractivity contribution < 1.29 is 17.9 Å². The molecule has 0 amide bonds. The molecular formula is C16H21NO4S. The molecule has 5 nitrogen and oxygen atoms in total. The van der Waals surface area contributed by atoms with Gasteiger partial charge in [-0.1, -0.05) is 17.7 Å². The van der Waals surface area contributed by atoms with Gasteiger partial charge in [-0.15, -0.1) is 0 Å². The van der Waals surface area contributed by atoms with Crippen LogP contribution in [0, 0.1) is 6.92 Å². The fourth-order valence-corrected chi connectivity index (χ4v) is 4.09. The highest BCUT2D eigenvalue weighted by atomic mass is 32.2. The van der Waals surface area contributed by atoms with E-state index in [9.17, 15) is 13.2 Å². The summed E-state index contributed by atoms with van der Waals surface area (Å²) >= 11 is 0. The first-order chi connectivity index (χ1) is 10.4. The van der Waals surface area contributed by atoms with Gasteiger partial charge in [0.25, 0.3) is 0 Å². The maximum absolute atomic E-state index is 12.9. The monoisotopic (exact) mass is 323 g/mol. The van der Waals surface area contributed by atoms with Gasteiger partial charge in [0.05, 0.1) is 11.5 Å². The van der Waals surface area contributed by atoms with Gasteiger partial charge in [0.15, 0.2) is 4.91 Å². The van der Waals surface area contributed by atoms with Crippen LogP contribution < -0.4 is 0 Å². The number of aryl methyl sites for hydroxylation is 1. The lowest BCUT2D eigenvalue weighted by molar-refractivity contribution is -0.137. The number of benzene rings is 1. The van der Waals surface area contributed by atoms with E-state index in [1.165, 1.54) is 12.1 Å². The molecule has 1 aromatic carbocycles. The Labute approximate surface area is 131 Å². The van der Waals surface area contributed by atoms with Crippen molar-refractivity contribution in [2.24, 2.45) is 0 Å². The van der Waals surface area contributed by atoms with Crippen molar-refractivity contribution in [1.82, 2.24) is 4.90 Å². The molecule has 1 heterocycles. The first kappa shape index (κ1) is 16.5. The molecule has 22 heavy (non-hydrogen) atoms. The van der Waals surface area contributed by atoms with Gasteiger partial charge in [0.2, 0.25) is 9.84 Å². The smallest absolute Gasteiger partial charge is 0.351 e. The molecule has 0 N–H and O–H groups in total. The Morgan fingerprint density at radius 1 is 1.27 bits per heavy atom. The van der Waals surface area contributed by atoms with Gasteiger partial charge < -0.3 is 9.64 Å². The minimum absolute atomic E-state index is 0.119. The molecule has 0 aliphatic carbocycles. The van der Waals surface area contributed by atoms with Gasteiger partial charge >= 0.3 is 5.97 Å². The molecule has 0 spiro atoms. The van der Waals surface area contributed by atoms with Gasteiger partial charge in [-0.3, -0.25) is 0 Å². The number of likely N-dealkylation sites (tertiary alicyclic amines) is 1. The number of ether oxygens (including phenoxy) is 1. The summed E-state index contributed by atoms with van der Waals surface area (Å²) in [5, 5.41) is 0. The van der Waals surface area contributed by atoms with E-state index in [1.807, 2.05) is 11.8 Å². The second-order valence-electron chi connectivity index (χ2n) is 5.34. The second kappa shape index (κ2) is 6.52. The van der Waals surface area contributed by atoms with E-state index in [0.29, 0.717) is 12.1 Å². The quantitative estimate of drug-likeness (QED) is 0.628. The standard InChI is InChI=1S/C16H21NO4S/c1-4-21-16(18)15(14-6-5-11-17(14)3)22(19,20)13-9-7-12(2)8-10-13/h7-10H,4-6,11H2,1-3H3/b15-14+. The second-order valence-corrected chi connectivity index (χ2v) is 7.22. The number of rotatable bonds is 4. The van der Waals surface area contributed by atoms with Crippen LogP contribution in [0.4, 0.5) is 0 Å². The summed E-state index contributed by atoms with van der Waals surface area (Å²) in [6, 6.07) is 6.50. The number of hydrogen-bond acceptors (Lipinski definition) is 5. The van der Waals surface area contributed by atoms with Crippen molar-refractivity contribution in [2.75, 3.05) is 20.2 Å². The van der Waals surface area contributed by atoms with Crippen molar-refractivity contribution in [3.8, 4) is 0 Å². The highest BCUT2D eigenvalue weighted by Crippen LogP contribution is 2.30. The molecule has 0 unspecified atom stereocenters. The van der Waals surface area contributed by atoms with Crippen molar-refractivity contribution in [1.29, 1.82) is 0 Å². The average molecular weight is 323 g/mol. The van der Waals surface area contributed by atoms with Crippen molar-refractivity contribution in [3.63, 3.8) is 0 Å². The molecule has 0 radical (unpaired) electrons. The molecule has 1 aliphatic heterocycles. The summed E-state index contributed by atoms with van der Waals surface area (Å²) in [6.45, 7) is 4.42. The van der Waals surface area contributed by atoms with Crippen LogP contribution in [-0.4, -0.2) is 39.5 Å². The zero-order valence-electron chi connectivity index (χ0n) is 13.1. The predicted octanol–water partition coefficient (Wildman–Crippen LogP) is 2.27. The summed E-state index contributed by atoms with van der Waals surface area (Å²) in [5.41, 5.74) is 1.50. The molecular weight excluding hydrogens is 302 g/mol. The highest BCUT2D eigenvalue weighted by Gasteiger charge is 2.34. The molecule has 1 aliphatic rings. The van der Waals surface area contributed by atoms with Crippen LogP contribution in [0.25, 0.3) is 0 Å². The Hall–Kier alpha value is -1.82. The van der Waals surface area contributed by atoms with Crippen LogP contribution in [0.3, 0.4) is 0 Å². The first-order valence-corrected chi connectivity index (χ1v) is 8.79. The van der Waals surface area contributed by atoms with Crippen LogP contribution in [0.2, 0.25) is 0 Å². The third kappa shape index (κ3) is 3.16. The van der Waals surface area contributed by atoms with Crippen LogP contribution in [0.1, 0.15) is 25.3 Å². The maximum atomic E-state index is 12.9. The van der Waals surface area contributed by atoms with Gasteiger partial charge in [0.1, 0.15) is 0 Å². The van der Waals surface area contributed by atoms with E-state index in [4.69, 9.17) is 4.74 Å². The van der Waals surface area contributed by atoms with E-state index < -0.39 is 15.8 Å². The lowest BCUT2D eigenvalue weighted by Crippen LogP contribution is -2.23. The summed E-state index contributed by atoms with van der Waals surface area (Å²) in [5.74, 6) is -0.771. The zero-order chi connectivity index (χ0) is 16.3. The number of sulfone groups is 1. The Morgan fingerprint density at radius 3 is 2.41 bits per heavy atom. The Morgan fingerprint density at radius 2 is 1.91 bits per heavy atom. The highest BCUT2D eigenvalue weighted by molar-refractivity contribution is 7.96. The first-order valence-electron chi connectivity index (χ1n) is 7.31. The van der Waals surface area contributed by atoms with E-state index in [0.717, 1.165) is 18.5 Å². The van der Waals surface area contributed by atoms with Crippen LogP contribution >= 0.6 is 0 Å². The lowest BCUT2D eigenvalue weighted by atomic mass is 10.2. The van der Waals surface area contributed by atoms with Gasteiger partial charge in [-0.05, 0) is 38.8 Å². The Balaban J connectivity index is 2.58. The molecule has 0 bridgehead atoms. The zero-order valence-corrected chi connectivity index (χ0v) is 13.9. The van der Waals surface area contributed by atoms with Crippen LogP contribution in [0.5, 0.6) is 0 Å². The summed E-state index contributed by atoms with van der Waals surface area (Å²) < 4.78 is 30.8. The third-order valence-electron chi connectivity index (χ3n) is 3.69. The lowest BCUT2D eigenvalue weighted by Gasteiger charge is -2.18. The van der Waals surface area contributed by atoms with Gasteiger partial charge in [-0.25, -0.2) is 13.2 Å². The normalized spacial score (nSPS) is 17.5. The number of allylic oxidation sites excluding steroid dienone is 1. The maximum Gasteiger partial charge on any atom is 0.351 e. The molecule has 120 valence electrons. The SMILES string of the molecule is CCOC(=O)/C(=C1/CCCN1C)S(=O)(=O)c1ccc(C)cc1. The van der Waals surface area contributed by atoms with E-state index in [-0.39, 0.29) is 16.4 Å². The van der Waals surface area contributed by atoms with E-state index in [2.05, 4.69) is 0 Å². The molecule has 6 heteroatoms. The molecule has 0 aromatic heterocycles. The minimum Gasteiger partial charge on any atom is -0.462 e.